The Bertz CT molecular complexity index is 1220. The molecule has 0 saturated heterocycles. The van der Waals surface area contributed by atoms with Gasteiger partial charge >= 0.3 is 0 Å². The van der Waals surface area contributed by atoms with E-state index in [1.807, 2.05) is 49.4 Å². The zero-order valence-corrected chi connectivity index (χ0v) is 19.6. The van der Waals surface area contributed by atoms with E-state index in [0.717, 1.165) is 41.1 Å². The van der Waals surface area contributed by atoms with Crippen LogP contribution in [-0.4, -0.2) is 28.6 Å². The van der Waals surface area contributed by atoms with Crippen LogP contribution in [0.25, 0.3) is 11.0 Å². The van der Waals surface area contributed by atoms with Crippen molar-refractivity contribution in [2.75, 3.05) is 13.2 Å². The molecule has 0 unspecified atom stereocenters. The van der Waals surface area contributed by atoms with Gasteiger partial charge in [0.15, 0.2) is 0 Å². The van der Waals surface area contributed by atoms with E-state index < -0.39 is 0 Å². The van der Waals surface area contributed by atoms with Crippen LogP contribution in [0.1, 0.15) is 39.3 Å². The van der Waals surface area contributed by atoms with Gasteiger partial charge in [0.05, 0.1) is 17.6 Å². The van der Waals surface area contributed by atoms with Gasteiger partial charge < -0.3 is 14.6 Å². The highest BCUT2D eigenvalue weighted by Gasteiger charge is 2.11. The van der Waals surface area contributed by atoms with Crippen molar-refractivity contribution in [3.63, 3.8) is 0 Å². The van der Waals surface area contributed by atoms with Crippen LogP contribution in [0.2, 0.25) is 0 Å². The lowest BCUT2D eigenvalue weighted by molar-refractivity contribution is 0.0954. The molecule has 0 bridgehead atoms. The topological polar surface area (TPSA) is 56.2 Å². The van der Waals surface area contributed by atoms with Crippen LogP contribution < -0.4 is 10.1 Å². The highest BCUT2D eigenvalue weighted by Crippen LogP contribution is 2.19. The predicted molar refractivity (Wildman–Crippen MR) is 133 cm³/mol. The summed E-state index contributed by atoms with van der Waals surface area (Å²) in [7, 11) is 0. The zero-order valence-electron chi connectivity index (χ0n) is 19.6. The molecule has 0 aliphatic heterocycles. The van der Waals surface area contributed by atoms with Crippen LogP contribution in [-0.2, 0) is 13.0 Å². The summed E-state index contributed by atoms with van der Waals surface area (Å²) in [5.41, 5.74) is 6.33. The molecular formula is C28H31N3O2. The van der Waals surface area contributed by atoms with Gasteiger partial charge in [0.25, 0.3) is 5.91 Å². The number of carbonyl (C=O) groups is 1. The number of aryl methyl sites for hydroxylation is 4. The summed E-state index contributed by atoms with van der Waals surface area (Å²) in [6.07, 6.45) is 1.54. The van der Waals surface area contributed by atoms with Gasteiger partial charge in [0, 0.05) is 25.1 Å². The quantitative estimate of drug-likeness (QED) is 0.354. The van der Waals surface area contributed by atoms with Crippen LogP contribution in [0.4, 0.5) is 0 Å². The summed E-state index contributed by atoms with van der Waals surface area (Å²) in [5.74, 6) is 1.84. The van der Waals surface area contributed by atoms with Crippen molar-refractivity contribution in [2.24, 2.45) is 0 Å². The number of ether oxygens (including phenoxy) is 1. The molecule has 0 aliphatic rings. The maximum absolute atomic E-state index is 12.4. The number of amides is 1. The molecule has 0 spiro atoms. The molecule has 0 radical (unpaired) electrons. The van der Waals surface area contributed by atoms with Crippen molar-refractivity contribution < 1.29 is 9.53 Å². The van der Waals surface area contributed by atoms with Crippen LogP contribution in [0.15, 0.2) is 66.7 Å². The molecule has 33 heavy (non-hydrogen) atoms. The number of aromatic nitrogens is 2. The Morgan fingerprint density at radius 3 is 2.42 bits per heavy atom. The molecule has 0 atom stereocenters. The van der Waals surface area contributed by atoms with Gasteiger partial charge in [-0.25, -0.2) is 4.98 Å². The van der Waals surface area contributed by atoms with Crippen molar-refractivity contribution in [1.29, 1.82) is 0 Å². The van der Waals surface area contributed by atoms with Crippen molar-refractivity contribution in [2.45, 2.75) is 40.2 Å². The molecule has 1 heterocycles. The first kappa shape index (κ1) is 22.6. The van der Waals surface area contributed by atoms with Gasteiger partial charge in [-0.1, -0.05) is 35.9 Å². The molecular weight excluding hydrogens is 410 g/mol. The van der Waals surface area contributed by atoms with Gasteiger partial charge in [0.2, 0.25) is 0 Å². The number of benzene rings is 3. The third-order valence-corrected chi connectivity index (χ3v) is 5.67. The van der Waals surface area contributed by atoms with Crippen molar-refractivity contribution in [3.8, 4) is 5.75 Å². The van der Waals surface area contributed by atoms with Crippen molar-refractivity contribution in [1.82, 2.24) is 14.9 Å². The van der Waals surface area contributed by atoms with E-state index in [2.05, 4.69) is 48.0 Å². The first-order valence-electron chi connectivity index (χ1n) is 11.5. The first-order valence-corrected chi connectivity index (χ1v) is 11.5. The third kappa shape index (κ3) is 5.80. The minimum Gasteiger partial charge on any atom is -0.494 e. The number of fused-ring (bicyclic) bond motifs is 1. The fraction of sp³-hybridized carbons (Fsp3) is 0.286. The second-order valence-corrected chi connectivity index (χ2v) is 8.57. The summed E-state index contributed by atoms with van der Waals surface area (Å²) < 4.78 is 8.25. The Morgan fingerprint density at radius 2 is 1.67 bits per heavy atom. The maximum atomic E-state index is 12.4. The molecule has 5 heteroatoms. The van der Waals surface area contributed by atoms with Gasteiger partial charge in [-0.15, -0.1) is 0 Å². The summed E-state index contributed by atoms with van der Waals surface area (Å²) in [4.78, 5) is 17.3. The molecule has 170 valence electrons. The second kappa shape index (κ2) is 10.3. The Balaban J connectivity index is 1.37. The predicted octanol–water partition coefficient (Wildman–Crippen LogP) is 5.40. The SMILES string of the molecule is Cc1ccc(C(=O)NCCc2nc3ccccc3n2CCCOc2cc(C)cc(C)c2)cc1. The van der Waals surface area contributed by atoms with E-state index in [1.165, 1.54) is 11.1 Å². The molecule has 1 aromatic heterocycles. The number of hydrogen-bond acceptors (Lipinski definition) is 3. The lowest BCUT2D eigenvalue weighted by Gasteiger charge is -2.12. The Labute approximate surface area is 195 Å². The molecule has 4 rings (SSSR count). The van der Waals surface area contributed by atoms with Crippen molar-refractivity contribution >= 4 is 16.9 Å². The van der Waals surface area contributed by atoms with Gasteiger partial charge in [-0.05, 0) is 74.7 Å². The zero-order chi connectivity index (χ0) is 23.2. The summed E-state index contributed by atoms with van der Waals surface area (Å²) in [5, 5.41) is 3.02. The van der Waals surface area contributed by atoms with E-state index >= 15 is 0 Å². The van der Waals surface area contributed by atoms with Gasteiger partial charge in [0.1, 0.15) is 11.6 Å². The smallest absolute Gasteiger partial charge is 0.251 e. The molecule has 1 amide bonds. The number of nitrogens with zero attached hydrogens (tertiary/aromatic N) is 2. The van der Waals surface area contributed by atoms with Crippen LogP contribution in [0, 0.1) is 20.8 Å². The lowest BCUT2D eigenvalue weighted by Crippen LogP contribution is -2.26. The molecule has 0 fully saturated rings. The molecule has 0 aliphatic carbocycles. The minimum atomic E-state index is -0.0560. The third-order valence-electron chi connectivity index (χ3n) is 5.67. The molecule has 1 N–H and O–H groups in total. The van der Waals surface area contributed by atoms with Gasteiger partial charge in [-0.2, -0.15) is 0 Å². The summed E-state index contributed by atoms with van der Waals surface area (Å²) in [6.45, 7) is 8.17. The highest BCUT2D eigenvalue weighted by atomic mass is 16.5. The first-order chi connectivity index (χ1) is 16.0. The average Bonchev–Trinajstić information content (AvgIpc) is 3.14. The Hall–Kier alpha value is -3.60. The Kier molecular flexibility index (Phi) is 7.08. The monoisotopic (exact) mass is 441 g/mol. The highest BCUT2D eigenvalue weighted by molar-refractivity contribution is 5.94. The number of rotatable bonds is 9. The van der Waals surface area contributed by atoms with E-state index in [4.69, 9.17) is 9.72 Å². The largest absolute Gasteiger partial charge is 0.494 e. The van der Waals surface area contributed by atoms with E-state index in [9.17, 15) is 4.79 Å². The van der Waals surface area contributed by atoms with E-state index in [1.54, 1.807) is 0 Å². The summed E-state index contributed by atoms with van der Waals surface area (Å²) >= 11 is 0. The van der Waals surface area contributed by atoms with Crippen LogP contribution in [0.3, 0.4) is 0 Å². The minimum absolute atomic E-state index is 0.0560. The number of nitrogens with one attached hydrogen (secondary N) is 1. The number of hydrogen-bond donors (Lipinski definition) is 1. The molecule has 0 saturated carbocycles. The molecule has 5 nitrogen and oxygen atoms in total. The fourth-order valence-corrected chi connectivity index (χ4v) is 4.09. The van der Waals surface area contributed by atoms with E-state index in [-0.39, 0.29) is 5.91 Å². The second-order valence-electron chi connectivity index (χ2n) is 8.57. The number of para-hydroxylation sites is 2. The van der Waals surface area contributed by atoms with Crippen LogP contribution >= 0.6 is 0 Å². The number of imidazole rings is 1. The fourth-order valence-electron chi connectivity index (χ4n) is 4.09. The molecule has 4 aromatic rings. The average molecular weight is 442 g/mol. The van der Waals surface area contributed by atoms with E-state index in [0.29, 0.717) is 25.1 Å². The van der Waals surface area contributed by atoms with Gasteiger partial charge in [-0.3, -0.25) is 4.79 Å². The molecule has 3 aromatic carbocycles. The summed E-state index contributed by atoms with van der Waals surface area (Å²) in [6, 6.07) is 22.1. The Morgan fingerprint density at radius 1 is 0.939 bits per heavy atom. The lowest BCUT2D eigenvalue weighted by atomic mass is 10.1. The normalized spacial score (nSPS) is 11.0. The maximum Gasteiger partial charge on any atom is 0.251 e. The van der Waals surface area contributed by atoms with Crippen molar-refractivity contribution in [3.05, 3.63) is 94.8 Å². The standard InChI is InChI=1S/C28H31N3O2/c1-20-9-11-23(12-10-20)28(32)29-14-13-27-30-25-7-4-5-8-26(25)31(27)15-6-16-33-24-18-21(2)17-22(3)19-24/h4-5,7-12,17-19H,6,13-16H2,1-3H3,(H,29,32). The van der Waals surface area contributed by atoms with Crippen LogP contribution in [0.5, 0.6) is 5.75 Å². The number of carbonyl (C=O) groups excluding carboxylic acids is 1.